The third kappa shape index (κ3) is 4.64. The minimum Gasteiger partial charge on any atom is -0.448 e. The summed E-state index contributed by atoms with van der Waals surface area (Å²) in [6.45, 7) is 2.85. The molecule has 1 heterocycles. The van der Waals surface area contributed by atoms with Crippen molar-refractivity contribution in [1.29, 1.82) is 0 Å². The molecule has 3 aromatic rings. The molecule has 0 bridgehead atoms. The average Bonchev–Trinajstić information content (AvgIpc) is 3.11. The lowest BCUT2D eigenvalue weighted by atomic mass is 10.1. The van der Waals surface area contributed by atoms with Crippen LogP contribution in [0.4, 0.5) is 11.4 Å². The second-order valence-corrected chi connectivity index (χ2v) is 7.35. The van der Waals surface area contributed by atoms with Crippen LogP contribution in [0.5, 0.6) is 0 Å². The smallest absolute Gasteiger partial charge is 0.349 e. The van der Waals surface area contributed by atoms with Crippen LogP contribution in [0.15, 0.2) is 48.5 Å². The predicted octanol–water partition coefficient (Wildman–Crippen LogP) is 4.20. The molecule has 0 fully saturated rings. The third-order valence-electron chi connectivity index (χ3n) is 4.10. The number of hydrogen-bond donors (Lipinski definition) is 1. The summed E-state index contributed by atoms with van der Waals surface area (Å²) in [5, 5.41) is 14.0. The van der Waals surface area contributed by atoms with Crippen LogP contribution in [0.25, 0.3) is 10.1 Å². The molecule has 0 unspecified atom stereocenters. The van der Waals surface area contributed by atoms with Crippen LogP contribution in [0, 0.1) is 10.1 Å². The Kier molecular flexibility index (Phi) is 5.69. The molecule has 29 heavy (non-hydrogen) atoms. The highest BCUT2D eigenvalue weighted by molar-refractivity contribution is 7.20. The zero-order valence-electron chi connectivity index (χ0n) is 15.5. The van der Waals surface area contributed by atoms with Crippen molar-refractivity contribution in [3.8, 4) is 0 Å². The standard InChI is InChI=1S/C20H16N2O6S/c1-11(23)13-4-3-5-15(8-13)21-19(24)12(2)28-20(25)18-10-14-9-16(22(26)27)6-7-17(14)29-18/h3-10,12H,1-2H3,(H,21,24)/t12-/m1/s1. The number of nitro benzene ring substituents is 1. The summed E-state index contributed by atoms with van der Waals surface area (Å²) in [5.74, 6) is -1.38. The maximum atomic E-state index is 12.4. The number of rotatable bonds is 6. The number of non-ortho nitro benzene ring substituents is 1. The lowest BCUT2D eigenvalue weighted by molar-refractivity contribution is -0.384. The van der Waals surface area contributed by atoms with E-state index in [2.05, 4.69) is 5.32 Å². The number of benzene rings is 2. The van der Waals surface area contributed by atoms with Gasteiger partial charge in [0.15, 0.2) is 11.9 Å². The summed E-state index contributed by atoms with van der Waals surface area (Å²) >= 11 is 1.12. The molecular formula is C20H16N2O6S. The highest BCUT2D eigenvalue weighted by Gasteiger charge is 2.21. The fourth-order valence-electron chi connectivity index (χ4n) is 2.58. The molecule has 148 valence electrons. The molecule has 0 aliphatic carbocycles. The van der Waals surface area contributed by atoms with Gasteiger partial charge in [-0.2, -0.15) is 0 Å². The molecule has 0 aliphatic heterocycles. The molecule has 0 spiro atoms. The summed E-state index contributed by atoms with van der Waals surface area (Å²) in [6, 6.07) is 12.2. The lowest BCUT2D eigenvalue weighted by Crippen LogP contribution is -2.29. The van der Waals surface area contributed by atoms with Gasteiger partial charge in [0, 0.05) is 33.5 Å². The van der Waals surface area contributed by atoms with E-state index in [0.29, 0.717) is 21.3 Å². The first kappa shape index (κ1) is 20.2. The summed E-state index contributed by atoms with van der Waals surface area (Å²) in [4.78, 5) is 46.7. The zero-order chi connectivity index (χ0) is 21.1. The van der Waals surface area contributed by atoms with Crippen LogP contribution in [-0.4, -0.2) is 28.7 Å². The number of fused-ring (bicyclic) bond motifs is 1. The molecule has 8 nitrogen and oxygen atoms in total. The summed E-state index contributed by atoms with van der Waals surface area (Å²) < 4.78 is 5.91. The van der Waals surface area contributed by atoms with Gasteiger partial charge in [-0.3, -0.25) is 19.7 Å². The van der Waals surface area contributed by atoms with Crippen molar-refractivity contribution in [1.82, 2.24) is 0 Å². The summed E-state index contributed by atoms with van der Waals surface area (Å²) in [6.07, 6.45) is -1.08. The molecular weight excluding hydrogens is 396 g/mol. The number of ketones is 1. The number of carbonyl (C=O) groups excluding carboxylic acids is 3. The van der Waals surface area contributed by atoms with E-state index in [9.17, 15) is 24.5 Å². The van der Waals surface area contributed by atoms with Gasteiger partial charge in [0.2, 0.25) is 0 Å². The fourth-order valence-corrected chi connectivity index (χ4v) is 3.50. The van der Waals surface area contributed by atoms with E-state index in [-0.39, 0.29) is 16.3 Å². The Hall–Kier alpha value is -3.59. The first-order valence-corrected chi connectivity index (χ1v) is 9.37. The van der Waals surface area contributed by atoms with Crippen molar-refractivity contribution in [3.05, 3.63) is 69.1 Å². The van der Waals surface area contributed by atoms with Crippen LogP contribution >= 0.6 is 11.3 Å². The van der Waals surface area contributed by atoms with Crippen molar-refractivity contribution in [3.63, 3.8) is 0 Å². The molecule has 0 aliphatic rings. The second-order valence-electron chi connectivity index (χ2n) is 6.26. The number of nitrogens with zero attached hydrogens (tertiary/aromatic N) is 1. The van der Waals surface area contributed by atoms with Crippen LogP contribution in [0.1, 0.15) is 33.9 Å². The van der Waals surface area contributed by atoms with Gasteiger partial charge >= 0.3 is 5.97 Å². The minimum absolute atomic E-state index is 0.0734. The highest BCUT2D eigenvalue weighted by atomic mass is 32.1. The van der Waals surface area contributed by atoms with Crippen LogP contribution in [0.2, 0.25) is 0 Å². The number of esters is 1. The molecule has 9 heteroatoms. The van der Waals surface area contributed by atoms with Crippen molar-refractivity contribution in [2.75, 3.05) is 5.32 Å². The van der Waals surface area contributed by atoms with E-state index >= 15 is 0 Å². The van der Waals surface area contributed by atoms with Crippen LogP contribution in [-0.2, 0) is 9.53 Å². The summed E-state index contributed by atoms with van der Waals surface area (Å²) in [5.41, 5.74) is 0.794. The maximum Gasteiger partial charge on any atom is 0.349 e. The van der Waals surface area contributed by atoms with Gasteiger partial charge < -0.3 is 10.1 Å². The van der Waals surface area contributed by atoms with Crippen LogP contribution in [0.3, 0.4) is 0 Å². The van der Waals surface area contributed by atoms with E-state index in [1.807, 2.05) is 0 Å². The first-order chi connectivity index (χ1) is 13.7. The largest absolute Gasteiger partial charge is 0.448 e. The topological polar surface area (TPSA) is 116 Å². The van der Waals surface area contributed by atoms with Crippen LogP contribution < -0.4 is 5.32 Å². The van der Waals surface area contributed by atoms with E-state index in [0.717, 1.165) is 11.3 Å². The van der Waals surface area contributed by atoms with E-state index < -0.39 is 22.9 Å². The van der Waals surface area contributed by atoms with E-state index in [4.69, 9.17) is 4.74 Å². The Morgan fingerprint density at radius 2 is 1.90 bits per heavy atom. The van der Waals surface area contributed by atoms with Crippen molar-refractivity contribution in [2.45, 2.75) is 20.0 Å². The van der Waals surface area contributed by atoms with Crippen molar-refractivity contribution in [2.24, 2.45) is 0 Å². The normalized spacial score (nSPS) is 11.7. The van der Waals surface area contributed by atoms with Gasteiger partial charge in [0.05, 0.1) is 4.92 Å². The van der Waals surface area contributed by atoms with Gasteiger partial charge in [-0.1, -0.05) is 12.1 Å². The van der Waals surface area contributed by atoms with E-state index in [1.165, 1.54) is 38.1 Å². The Morgan fingerprint density at radius 3 is 2.59 bits per heavy atom. The van der Waals surface area contributed by atoms with Gasteiger partial charge in [0.25, 0.3) is 11.6 Å². The molecule has 0 saturated heterocycles. The fraction of sp³-hybridized carbons (Fsp3) is 0.150. The molecule has 0 radical (unpaired) electrons. The number of nitrogens with one attached hydrogen (secondary N) is 1. The van der Waals surface area contributed by atoms with Gasteiger partial charge in [-0.25, -0.2) is 4.79 Å². The van der Waals surface area contributed by atoms with E-state index in [1.54, 1.807) is 24.3 Å². The van der Waals surface area contributed by atoms with Crippen molar-refractivity contribution < 1.29 is 24.0 Å². The maximum absolute atomic E-state index is 12.4. The molecule has 1 atom stereocenters. The number of thiophene rings is 1. The number of anilines is 1. The SMILES string of the molecule is CC(=O)c1cccc(NC(=O)[C@@H](C)OC(=O)c2cc3cc([N+](=O)[O-])ccc3s2)c1. The number of carbonyl (C=O) groups is 3. The molecule has 2 aromatic carbocycles. The quantitative estimate of drug-likeness (QED) is 0.281. The van der Waals surface area contributed by atoms with Gasteiger partial charge in [-0.15, -0.1) is 11.3 Å². The Morgan fingerprint density at radius 1 is 1.14 bits per heavy atom. The molecule has 0 saturated carbocycles. The third-order valence-corrected chi connectivity index (χ3v) is 5.20. The summed E-state index contributed by atoms with van der Waals surface area (Å²) in [7, 11) is 0. The lowest BCUT2D eigenvalue weighted by Gasteiger charge is -2.13. The first-order valence-electron chi connectivity index (χ1n) is 8.55. The molecule has 3 rings (SSSR count). The number of amides is 1. The number of nitro groups is 1. The predicted molar refractivity (Wildman–Crippen MR) is 108 cm³/mol. The Balaban J connectivity index is 1.69. The number of Topliss-reactive ketones (excluding diaryl/α,β-unsaturated/α-hetero) is 1. The Labute approximate surface area is 169 Å². The number of ether oxygens (including phenoxy) is 1. The monoisotopic (exact) mass is 412 g/mol. The zero-order valence-corrected chi connectivity index (χ0v) is 16.3. The molecule has 1 N–H and O–H groups in total. The minimum atomic E-state index is -1.08. The highest BCUT2D eigenvalue weighted by Crippen LogP contribution is 2.29. The molecule has 1 amide bonds. The molecule has 1 aromatic heterocycles. The van der Waals surface area contributed by atoms with Gasteiger partial charge in [0.1, 0.15) is 4.88 Å². The second kappa shape index (κ2) is 8.19. The average molecular weight is 412 g/mol. The van der Waals surface area contributed by atoms with Gasteiger partial charge in [-0.05, 0) is 38.1 Å². The number of hydrogen-bond acceptors (Lipinski definition) is 7. The van der Waals surface area contributed by atoms with Crippen molar-refractivity contribution >= 4 is 50.5 Å². The Bertz CT molecular complexity index is 1140.